The first-order valence-corrected chi connectivity index (χ1v) is 9.47. The van der Waals surface area contributed by atoms with Gasteiger partial charge in [-0.25, -0.2) is 4.68 Å². The van der Waals surface area contributed by atoms with E-state index in [0.29, 0.717) is 12.7 Å². The third-order valence-electron chi connectivity index (χ3n) is 5.28. The van der Waals surface area contributed by atoms with E-state index in [1.54, 1.807) is 0 Å². The standard InChI is InChI=1S/C21H24N4S/c1-15-8-11-18(12-9-15)25-16(2)22-24(21(25)26)14-23(3)20-13-10-17-6-4-5-7-19(17)20/h4-9,11-12,20H,10,13-14H2,1-3H3. The minimum Gasteiger partial charge on any atom is -0.280 e. The van der Waals surface area contributed by atoms with Gasteiger partial charge in [-0.3, -0.25) is 9.47 Å². The Morgan fingerprint density at radius 1 is 1.12 bits per heavy atom. The quantitative estimate of drug-likeness (QED) is 0.633. The second-order valence-electron chi connectivity index (χ2n) is 7.15. The van der Waals surface area contributed by atoms with Gasteiger partial charge in [0.2, 0.25) is 4.77 Å². The normalized spacial score (nSPS) is 16.2. The molecule has 1 aliphatic carbocycles. The fourth-order valence-electron chi connectivity index (χ4n) is 3.90. The van der Waals surface area contributed by atoms with Gasteiger partial charge in [0.25, 0.3) is 0 Å². The molecule has 1 heterocycles. The van der Waals surface area contributed by atoms with Crippen molar-refractivity contribution in [3.63, 3.8) is 0 Å². The monoisotopic (exact) mass is 364 g/mol. The maximum atomic E-state index is 5.74. The van der Waals surface area contributed by atoms with Crippen LogP contribution in [0, 0.1) is 18.6 Å². The van der Waals surface area contributed by atoms with Gasteiger partial charge in [-0.2, -0.15) is 5.10 Å². The molecular weight excluding hydrogens is 340 g/mol. The van der Waals surface area contributed by atoms with Crippen molar-refractivity contribution in [2.75, 3.05) is 7.05 Å². The highest BCUT2D eigenvalue weighted by Crippen LogP contribution is 2.35. The number of fused-ring (bicyclic) bond motifs is 1. The molecular formula is C21H24N4S. The van der Waals surface area contributed by atoms with Crippen LogP contribution in [0.3, 0.4) is 0 Å². The third kappa shape index (κ3) is 3.02. The highest BCUT2D eigenvalue weighted by Gasteiger charge is 2.26. The summed E-state index contributed by atoms with van der Waals surface area (Å²) in [7, 11) is 2.16. The van der Waals surface area contributed by atoms with Crippen LogP contribution in [0.5, 0.6) is 0 Å². The Morgan fingerprint density at radius 2 is 1.85 bits per heavy atom. The lowest BCUT2D eigenvalue weighted by molar-refractivity contribution is 0.181. The molecule has 0 amide bonds. The molecule has 0 saturated carbocycles. The van der Waals surface area contributed by atoms with Crippen LogP contribution in [0.1, 0.15) is 35.0 Å². The maximum Gasteiger partial charge on any atom is 0.203 e. The van der Waals surface area contributed by atoms with Crippen molar-refractivity contribution in [1.29, 1.82) is 0 Å². The third-order valence-corrected chi connectivity index (χ3v) is 5.68. The first-order valence-electron chi connectivity index (χ1n) is 9.06. The molecule has 0 radical (unpaired) electrons. The van der Waals surface area contributed by atoms with Gasteiger partial charge in [0.05, 0.1) is 6.67 Å². The Hall–Kier alpha value is -2.24. The summed E-state index contributed by atoms with van der Waals surface area (Å²) < 4.78 is 4.72. The molecule has 0 N–H and O–H groups in total. The Bertz CT molecular complexity index is 984. The van der Waals surface area contributed by atoms with Crippen molar-refractivity contribution < 1.29 is 0 Å². The molecule has 26 heavy (non-hydrogen) atoms. The first kappa shape index (κ1) is 17.2. The van der Waals surface area contributed by atoms with E-state index >= 15 is 0 Å². The zero-order chi connectivity index (χ0) is 18.3. The molecule has 4 rings (SSSR count). The van der Waals surface area contributed by atoms with Crippen LogP contribution in [0.25, 0.3) is 5.69 Å². The van der Waals surface area contributed by atoms with E-state index in [1.165, 1.54) is 16.7 Å². The molecule has 0 spiro atoms. The number of hydrogen-bond acceptors (Lipinski definition) is 3. The molecule has 1 atom stereocenters. The van der Waals surface area contributed by atoms with Crippen molar-refractivity contribution in [2.45, 2.75) is 39.4 Å². The molecule has 0 saturated heterocycles. The van der Waals surface area contributed by atoms with Gasteiger partial charge in [0.15, 0.2) is 0 Å². The number of aryl methyl sites for hydroxylation is 3. The van der Waals surface area contributed by atoms with Crippen LogP contribution >= 0.6 is 12.2 Å². The smallest absolute Gasteiger partial charge is 0.203 e. The highest BCUT2D eigenvalue weighted by atomic mass is 32.1. The van der Waals surface area contributed by atoms with E-state index < -0.39 is 0 Å². The van der Waals surface area contributed by atoms with Crippen molar-refractivity contribution in [3.8, 4) is 5.69 Å². The molecule has 0 bridgehead atoms. The van der Waals surface area contributed by atoms with Crippen molar-refractivity contribution in [1.82, 2.24) is 19.2 Å². The van der Waals surface area contributed by atoms with Gasteiger partial charge in [0, 0.05) is 11.7 Å². The van der Waals surface area contributed by atoms with E-state index in [4.69, 9.17) is 17.3 Å². The lowest BCUT2D eigenvalue weighted by atomic mass is 10.1. The summed E-state index contributed by atoms with van der Waals surface area (Å²) in [5.74, 6) is 0.916. The topological polar surface area (TPSA) is 26.0 Å². The average Bonchev–Trinajstić information content (AvgIpc) is 3.17. The van der Waals surface area contributed by atoms with Gasteiger partial charge >= 0.3 is 0 Å². The van der Waals surface area contributed by atoms with Crippen LogP contribution in [-0.4, -0.2) is 26.3 Å². The molecule has 134 valence electrons. The van der Waals surface area contributed by atoms with Gasteiger partial charge in [0.1, 0.15) is 5.82 Å². The highest BCUT2D eigenvalue weighted by molar-refractivity contribution is 7.71. The van der Waals surface area contributed by atoms with Crippen molar-refractivity contribution in [2.24, 2.45) is 0 Å². The Labute approximate surface area is 159 Å². The summed E-state index contributed by atoms with van der Waals surface area (Å²) in [6.07, 6.45) is 2.30. The molecule has 1 aliphatic rings. The molecule has 1 aromatic heterocycles. The van der Waals surface area contributed by atoms with Crippen LogP contribution in [0.4, 0.5) is 0 Å². The van der Waals surface area contributed by atoms with Crippen LogP contribution in [0.2, 0.25) is 0 Å². The zero-order valence-electron chi connectivity index (χ0n) is 15.5. The first-order chi connectivity index (χ1) is 12.5. The minimum absolute atomic E-state index is 0.429. The van der Waals surface area contributed by atoms with Gasteiger partial charge in [-0.05, 0) is 69.2 Å². The maximum absolute atomic E-state index is 5.74. The minimum atomic E-state index is 0.429. The van der Waals surface area contributed by atoms with Gasteiger partial charge in [-0.15, -0.1) is 0 Å². The largest absolute Gasteiger partial charge is 0.280 e. The molecule has 3 aromatic rings. The van der Waals surface area contributed by atoms with Crippen LogP contribution in [0.15, 0.2) is 48.5 Å². The average molecular weight is 365 g/mol. The van der Waals surface area contributed by atoms with E-state index in [9.17, 15) is 0 Å². The predicted molar refractivity (Wildman–Crippen MR) is 107 cm³/mol. The summed E-state index contributed by atoms with van der Waals surface area (Å²) in [4.78, 5) is 2.35. The predicted octanol–water partition coefficient (Wildman–Crippen LogP) is 4.60. The van der Waals surface area contributed by atoms with E-state index in [2.05, 4.69) is 67.4 Å². The number of rotatable bonds is 4. The Kier molecular flexibility index (Phi) is 4.51. The zero-order valence-corrected chi connectivity index (χ0v) is 16.3. The van der Waals surface area contributed by atoms with Crippen molar-refractivity contribution in [3.05, 3.63) is 75.8 Å². The Balaban J connectivity index is 1.61. The fourth-order valence-corrected chi connectivity index (χ4v) is 4.24. The second kappa shape index (κ2) is 6.82. The van der Waals surface area contributed by atoms with Crippen LogP contribution in [-0.2, 0) is 13.1 Å². The van der Waals surface area contributed by atoms with Crippen LogP contribution < -0.4 is 0 Å². The van der Waals surface area contributed by atoms with Gasteiger partial charge < -0.3 is 0 Å². The number of benzene rings is 2. The number of hydrogen-bond donors (Lipinski definition) is 0. The lowest BCUT2D eigenvalue weighted by Gasteiger charge is -2.24. The summed E-state index contributed by atoms with van der Waals surface area (Å²) in [6, 6.07) is 17.6. The lowest BCUT2D eigenvalue weighted by Crippen LogP contribution is -2.26. The van der Waals surface area contributed by atoms with Gasteiger partial charge in [-0.1, -0.05) is 42.0 Å². The molecule has 0 fully saturated rings. The molecule has 1 unspecified atom stereocenters. The SMILES string of the molecule is Cc1ccc(-n2c(C)nn(CN(C)C3CCc4ccccc43)c2=S)cc1. The molecule has 2 aromatic carbocycles. The second-order valence-corrected chi connectivity index (χ2v) is 7.52. The number of nitrogens with zero attached hydrogens (tertiary/aromatic N) is 4. The fraction of sp³-hybridized carbons (Fsp3) is 0.333. The molecule has 0 aliphatic heterocycles. The molecule has 5 heteroatoms. The Morgan fingerprint density at radius 3 is 2.62 bits per heavy atom. The summed E-state index contributed by atoms with van der Waals surface area (Å²) in [5.41, 5.74) is 5.22. The van der Waals surface area contributed by atoms with Crippen molar-refractivity contribution >= 4 is 12.2 Å². The summed E-state index contributed by atoms with van der Waals surface area (Å²) in [6.45, 7) is 4.79. The summed E-state index contributed by atoms with van der Waals surface area (Å²) in [5, 5.41) is 4.71. The summed E-state index contributed by atoms with van der Waals surface area (Å²) >= 11 is 5.74. The number of aromatic nitrogens is 3. The van der Waals surface area contributed by atoms with E-state index in [1.807, 2.05) is 16.2 Å². The van der Waals surface area contributed by atoms with E-state index in [0.717, 1.165) is 29.1 Å². The molecule has 4 nitrogen and oxygen atoms in total. The van der Waals surface area contributed by atoms with E-state index in [-0.39, 0.29) is 0 Å².